The van der Waals surface area contributed by atoms with E-state index < -0.39 is 11.6 Å². The fraction of sp³-hybridized carbons (Fsp3) is 0.381. The quantitative estimate of drug-likeness (QED) is 0.454. The Morgan fingerprint density at radius 2 is 1.81 bits per heavy atom. The number of nitrogens with zero attached hydrogens (tertiary/aromatic N) is 1. The van der Waals surface area contributed by atoms with Gasteiger partial charge in [-0.2, -0.15) is 0 Å². The van der Waals surface area contributed by atoms with Crippen molar-refractivity contribution in [2.45, 2.75) is 32.1 Å². The number of terminal acetylenes is 1. The Balaban J connectivity index is 2.21. The number of methoxy groups -OCH3 is 1. The number of halogens is 2. The van der Waals surface area contributed by atoms with Crippen LogP contribution in [0.15, 0.2) is 18.2 Å². The first-order valence-electron chi connectivity index (χ1n) is 8.74. The molecular formula is C21H21F2NO2. The third kappa shape index (κ3) is 3.86. The summed E-state index contributed by atoms with van der Waals surface area (Å²) in [6.45, 7) is 0.695. The molecule has 0 fully saturated rings. The number of hydrogen-bond donors (Lipinski definition) is 0. The Bertz CT molecular complexity index is 823. The molecule has 26 heavy (non-hydrogen) atoms. The molecule has 1 heterocycles. The van der Waals surface area contributed by atoms with Gasteiger partial charge in [0, 0.05) is 24.4 Å². The van der Waals surface area contributed by atoms with E-state index in [-0.39, 0.29) is 0 Å². The van der Waals surface area contributed by atoms with Crippen LogP contribution < -0.4 is 4.74 Å². The van der Waals surface area contributed by atoms with Gasteiger partial charge in [-0.3, -0.25) is 0 Å². The molecule has 3 nitrogen and oxygen atoms in total. The minimum absolute atomic E-state index is 0.300. The van der Waals surface area contributed by atoms with Crippen molar-refractivity contribution in [3.05, 3.63) is 46.7 Å². The van der Waals surface area contributed by atoms with Gasteiger partial charge in [-0.1, -0.05) is 12.3 Å². The van der Waals surface area contributed by atoms with Crippen LogP contribution in [0.25, 0.3) is 11.1 Å². The smallest absolute Gasteiger partial charge is 0.230 e. The zero-order valence-electron chi connectivity index (χ0n) is 14.8. The summed E-state index contributed by atoms with van der Waals surface area (Å²) in [5.41, 5.74) is 3.39. The van der Waals surface area contributed by atoms with Gasteiger partial charge in [0.05, 0.1) is 12.2 Å². The summed E-state index contributed by atoms with van der Waals surface area (Å²) >= 11 is 0. The second-order valence-corrected chi connectivity index (χ2v) is 6.30. The average molecular weight is 357 g/mol. The molecule has 0 N–H and O–H groups in total. The molecule has 0 bridgehead atoms. The molecule has 1 aliphatic rings. The number of pyridine rings is 1. The predicted molar refractivity (Wildman–Crippen MR) is 96.2 cm³/mol. The minimum Gasteiger partial charge on any atom is -0.474 e. The van der Waals surface area contributed by atoms with E-state index in [9.17, 15) is 8.78 Å². The Hall–Kier alpha value is -2.45. The molecule has 2 aromatic rings. The number of aryl methyl sites for hydroxylation is 1. The average Bonchev–Trinajstić information content (AvgIpc) is 2.85. The standard InChI is InChI=1S/C21H21F2NO2/c1-3-17-20(14-11-15(22)13-16(23)12-14)18-7-5-4-6-8-19(18)24-21(17)26-10-9-25-2/h1,11-13H,4-10H2,2H3. The number of rotatable bonds is 5. The van der Waals surface area contributed by atoms with E-state index in [0.29, 0.717) is 35.8 Å². The van der Waals surface area contributed by atoms with Gasteiger partial charge < -0.3 is 9.47 Å². The predicted octanol–water partition coefficient (Wildman–Crippen LogP) is 4.30. The third-order valence-corrected chi connectivity index (χ3v) is 4.51. The number of fused-ring (bicyclic) bond motifs is 1. The van der Waals surface area contributed by atoms with Gasteiger partial charge in [0.1, 0.15) is 18.2 Å². The largest absolute Gasteiger partial charge is 0.474 e. The molecule has 1 aromatic heterocycles. The van der Waals surface area contributed by atoms with E-state index in [4.69, 9.17) is 15.9 Å². The number of benzene rings is 1. The summed E-state index contributed by atoms with van der Waals surface area (Å²) in [5, 5.41) is 0. The highest BCUT2D eigenvalue weighted by molar-refractivity contribution is 5.77. The van der Waals surface area contributed by atoms with Crippen LogP contribution >= 0.6 is 0 Å². The maximum atomic E-state index is 13.9. The highest BCUT2D eigenvalue weighted by atomic mass is 19.1. The summed E-state index contributed by atoms with van der Waals surface area (Å²) in [6, 6.07) is 3.47. The summed E-state index contributed by atoms with van der Waals surface area (Å²) in [6.07, 6.45) is 10.4. The number of ether oxygens (including phenoxy) is 2. The third-order valence-electron chi connectivity index (χ3n) is 4.51. The van der Waals surface area contributed by atoms with Crippen LogP contribution in [0.1, 0.15) is 36.1 Å². The van der Waals surface area contributed by atoms with Gasteiger partial charge in [0.25, 0.3) is 0 Å². The normalized spacial score (nSPS) is 13.6. The first-order valence-corrected chi connectivity index (χ1v) is 8.74. The highest BCUT2D eigenvalue weighted by Gasteiger charge is 2.23. The van der Waals surface area contributed by atoms with Crippen molar-refractivity contribution in [1.29, 1.82) is 0 Å². The fourth-order valence-corrected chi connectivity index (χ4v) is 3.37. The lowest BCUT2D eigenvalue weighted by molar-refractivity contribution is 0.143. The molecule has 3 rings (SSSR count). The molecule has 5 heteroatoms. The molecule has 0 saturated heterocycles. The van der Waals surface area contributed by atoms with Gasteiger partial charge in [-0.05, 0) is 48.9 Å². The van der Waals surface area contributed by atoms with Crippen LogP contribution in [0.4, 0.5) is 8.78 Å². The first kappa shape index (κ1) is 18.3. The van der Waals surface area contributed by atoms with E-state index in [0.717, 1.165) is 49.4 Å². The SMILES string of the molecule is C#Cc1c(OCCOC)nc2c(c1-c1cc(F)cc(F)c1)CCCCC2. The Morgan fingerprint density at radius 3 is 2.50 bits per heavy atom. The van der Waals surface area contributed by atoms with Crippen molar-refractivity contribution in [1.82, 2.24) is 4.98 Å². The Morgan fingerprint density at radius 1 is 1.08 bits per heavy atom. The molecule has 0 saturated carbocycles. The molecule has 0 radical (unpaired) electrons. The second kappa shape index (κ2) is 8.29. The topological polar surface area (TPSA) is 31.4 Å². The van der Waals surface area contributed by atoms with Gasteiger partial charge in [0.2, 0.25) is 5.88 Å². The fourth-order valence-electron chi connectivity index (χ4n) is 3.37. The van der Waals surface area contributed by atoms with Crippen molar-refractivity contribution in [2.75, 3.05) is 20.3 Å². The van der Waals surface area contributed by atoms with Crippen LogP contribution in [-0.2, 0) is 17.6 Å². The monoisotopic (exact) mass is 357 g/mol. The Labute approximate surface area is 152 Å². The van der Waals surface area contributed by atoms with Gasteiger partial charge in [-0.25, -0.2) is 13.8 Å². The summed E-state index contributed by atoms with van der Waals surface area (Å²) < 4.78 is 38.5. The minimum atomic E-state index is -0.635. The lowest BCUT2D eigenvalue weighted by Gasteiger charge is -2.18. The van der Waals surface area contributed by atoms with E-state index >= 15 is 0 Å². The van der Waals surface area contributed by atoms with Gasteiger partial charge in [-0.15, -0.1) is 6.42 Å². The van der Waals surface area contributed by atoms with Crippen LogP contribution in [0.2, 0.25) is 0 Å². The lowest BCUT2D eigenvalue weighted by atomic mass is 9.91. The zero-order valence-corrected chi connectivity index (χ0v) is 14.8. The van der Waals surface area contributed by atoms with E-state index in [1.807, 2.05) is 0 Å². The first-order chi connectivity index (χ1) is 12.6. The van der Waals surface area contributed by atoms with E-state index in [1.165, 1.54) is 12.1 Å². The van der Waals surface area contributed by atoms with Crippen LogP contribution in [-0.4, -0.2) is 25.3 Å². The molecule has 0 amide bonds. The number of aromatic nitrogens is 1. The maximum absolute atomic E-state index is 13.9. The van der Waals surface area contributed by atoms with Gasteiger partial charge in [0.15, 0.2) is 0 Å². The van der Waals surface area contributed by atoms with Crippen molar-refractivity contribution in [2.24, 2.45) is 0 Å². The second-order valence-electron chi connectivity index (χ2n) is 6.30. The molecule has 1 aromatic carbocycles. The van der Waals surface area contributed by atoms with Crippen molar-refractivity contribution >= 4 is 0 Å². The van der Waals surface area contributed by atoms with Crippen molar-refractivity contribution in [3.8, 4) is 29.4 Å². The molecule has 136 valence electrons. The molecule has 1 aliphatic carbocycles. The van der Waals surface area contributed by atoms with Gasteiger partial charge >= 0.3 is 0 Å². The molecule has 0 aliphatic heterocycles. The number of hydrogen-bond acceptors (Lipinski definition) is 3. The van der Waals surface area contributed by atoms with Crippen LogP contribution in [0, 0.1) is 24.0 Å². The molecule has 0 atom stereocenters. The van der Waals surface area contributed by atoms with E-state index in [2.05, 4.69) is 10.9 Å². The summed E-state index contributed by atoms with van der Waals surface area (Å²) in [7, 11) is 1.58. The van der Waals surface area contributed by atoms with Crippen LogP contribution in [0.3, 0.4) is 0 Å². The van der Waals surface area contributed by atoms with Crippen molar-refractivity contribution in [3.63, 3.8) is 0 Å². The lowest BCUT2D eigenvalue weighted by Crippen LogP contribution is -2.11. The van der Waals surface area contributed by atoms with Crippen LogP contribution in [0.5, 0.6) is 5.88 Å². The zero-order chi connectivity index (χ0) is 18.5. The highest BCUT2D eigenvalue weighted by Crippen LogP contribution is 2.37. The molecular weight excluding hydrogens is 336 g/mol. The Kier molecular flexibility index (Phi) is 5.85. The molecule has 0 spiro atoms. The summed E-state index contributed by atoms with van der Waals surface area (Å²) in [5.74, 6) is 1.68. The maximum Gasteiger partial charge on any atom is 0.230 e. The van der Waals surface area contributed by atoms with Crippen molar-refractivity contribution < 1.29 is 18.3 Å². The molecule has 0 unspecified atom stereocenters. The van der Waals surface area contributed by atoms with E-state index in [1.54, 1.807) is 7.11 Å². The summed E-state index contributed by atoms with van der Waals surface area (Å²) in [4.78, 5) is 4.64.